The van der Waals surface area contributed by atoms with Crippen molar-refractivity contribution in [3.63, 3.8) is 0 Å². The third kappa shape index (κ3) is 1.86. The maximum Gasteiger partial charge on any atom is 0.184 e. The van der Waals surface area contributed by atoms with Gasteiger partial charge in [-0.3, -0.25) is 4.57 Å². The molecule has 0 amide bonds. The summed E-state index contributed by atoms with van der Waals surface area (Å²) in [6, 6.07) is 8.77. The smallest absolute Gasteiger partial charge is 0.184 e. The fourth-order valence-corrected chi connectivity index (χ4v) is 2.48. The van der Waals surface area contributed by atoms with E-state index in [4.69, 9.17) is 12.2 Å². The summed E-state index contributed by atoms with van der Waals surface area (Å²) in [6.07, 6.45) is 0. The lowest BCUT2D eigenvalue weighted by Crippen LogP contribution is -2.02. The number of para-hydroxylation sites is 1. The quantitative estimate of drug-likeness (QED) is 0.683. The average molecular weight is 273 g/mol. The number of aryl methyl sites for hydroxylation is 2. The van der Waals surface area contributed by atoms with Gasteiger partial charge in [-0.1, -0.05) is 12.1 Å². The van der Waals surface area contributed by atoms with E-state index in [2.05, 4.69) is 9.97 Å². The molecule has 0 aliphatic heterocycles. The molecule has 0 saturated carbocycles. The van der Waals surface area contributed by atoms with Gasteiger partial charge in [0.05, 0.1) is 11.2 Å². The van der Waals surface area contributed by atoms with Crippen molar-refractivity contribution in [2.45, 2.75) is 13.8 Å². The fraction of sp³-hybridized carbons (Fsp3) is 0.143. The first kappa shape index (κ1) is 12.0. The van der Waals surface area contributed by atoms with Crippen LogP contribution in [0.3, 0.4) is 0 Å². The molecule has 0 radical (unpaired) electrons. The van der Waals surface area contributed by atoms with Gasteiger partial charge in [0, 0.05) is 5.69 Å². The first-order valence-corrected chi connectivity index (χ1v) is 6.32. The molecule has 2 heterocycles. The highest BCUT2D eigenvalue weighted by molar-refractivity contribution is 7.71. The Morgan fingerprint density at radius 1 is 1.21 bits per heavy atom. The highest BCUT2D eigenvalue weighted by Gasteiger charge is 2.13. The van der Waals surface area contributed by atoms with Crippen LogP contribution in [0.1, 0.15) is 11.3 Å². The number of nitrogens with one attached hydrogen (secondary N) is 1. The predicted molar refractivity (Wildman–Crippen MR) is 75.7 cm³/mol. The minimum Gasteiger partial charge on any atom is -0.329 e. The molecule has 1 aromatic carbocycles. The molecule has 0 unspecified atom stereocenters. The normalized spacial score (nSPS) is 11.1. The van der Waals surface area contributed by atoms with Crippen LogP contribution in [-0.2, 0) is 0 Å². The number of nitrogens with zero attached hydrogens (tertiary/aromatic N) is 2. The summed E-state index contributed by atoms with van der Waals surface area (Å²) in [5.41, 5.74) is 3.60. The number of pyridine rings is 1. The first-order valence-electron chi connectivity index (χ1n) is 5.92. The standard InChI is InChI=1S/C14H12FN3S/c1-8-4-3-5-10(15)12(8)18-13-11(17-14(18)19)7-6-9(2)16-13/h3-7H,1-2H3,(H,17,19). The third-order valence-electron chi connectivity index (χ3n) is 3.08. The Hall–Kier alpha value is -2.01. The maximum absolute atomic E-state index is 14.1. The second-order valence-corrected chi connectivity index (χ2v) is 4.88. The largest absolute Gasteiger partial charge is 0.329 e. The molecule has 0 bridgehead atoms. The Bertz CT molecular complexity index is 812. The zero-order valence-corrected chi connectivity index (χ0v) is 11.4. The summed E-state index contributed by atoms with van der Waals surface area (Å²) in [5.74, 6) is -0.305. The summed E-state index contributed by atoms with van der Waals surface area (Å²) >= 11 is 5.30. The molecule has 0 fully saturated rings. The summed E-state index contributed by atoms with van der Waals surface area (Å²) in [6.45, 7) is 3.75. The van der Waals surface area contributed by atoms with Crippen LogP contribution in [0.5, 0.6) is 0 Å². The third-order valence-corrected chi connectivity index (χ3v) is 3.37. The number of fused-ring (bicyclic) bond motifs is 1. The minimum atomic E-state index is -0.305. The molecule has 0 aliphatic rings. The van der Waals surface area contributed by atoms with Gasteiger partial charge in [-0.25, -0.2) is 9.37 Å². The van der Waals surface area contributed by atoms with Gasteiger partial charge in [-0.2, -0.15) is 0 Å². The van der Waals surface area contributed by atoms with Crippen molar-refractivity contribution in [1.82, 2.24) is 14.5 Å². The van der Waals surface area contributed by atoms with E-state index in [0.717, 1.165) is 16.8 Å². The summed E-state index contributed by atoms with van der Waals surface area (Å²) in [5, 5.41) is 0. The van der Waals surface area contributed by atoms with Crippen LogP contribution in [-0.4, -0.2) is 14.5 Å². The van der Waals surface area contributed by atoms with Crippen molar-refractivity contribution in [3.05, 3.63) is 52.2 Å². The number of aromatic amines is 1. The number of halogens is 1. The molecule has 96 valence electrons. The molecule has 0 saturated heterocycles. The van der Waals surface area contributed by atoms with E-state index in [1.54, 1.807) is 10.6 Å². The minimum absolute atomic E-state index is 0.305. The van der Waals surface area contributed by atoms with E-state index >= 15 is 0 Å². The zero-order valence-electron chi connectivity index (χ0n) is 10.6. The van der Waals surface area contributed by atoms with Crippen molar-refractivity contribution < 1.29 is 4.39 Å². The van der Waals surface area contributed by atoms with Crippen molar-refractivity contribution >= 4 is 23.4 Å². The lowest BCUT2D eigenvalue weighted by Gasteiger charge is -2.09. The molecule has 3 aromatic rings. The zero-order chi connectivity index (χ0) is 13.6. The SMILES string of the molecule is Cc1ccc2[nH]c(=S)n(-c3c(C)cccc3F)c2n1. The Morgan fingerprint density at radius 2 is 2.00 bits per heavy atom. The van der Waals surface area contributed by atoms with Crippen molar-refractivity contribution in [2.75, 3.05) is 0 Å². The van der Waals surface area contributed by atoms with E-state index in [1.807, 2.05) is 32.0 Å². The van der Waals surface area contributed by atoms with Crippen LogP contribution in [0.25, 0.3) is 16.9 Å². The van der Waals surface area contributed by atoms with Gasteiger partial charge in [0.25, 0.3) is 0 Å². The van der Waals surface area contributed by atoms with Gasteiger partial charge in [0.15, 0.2) is 10.4 Å². The number of benzene rings is 1. The van der Waals surface area contributed by atoms with Gasteiger partial charge in [-0.15, -0.1) is 0 Å². The van der Waals surface area contributed by atoms with E-state index in [-0.39, 0.29) is 5.82 Å². The topological polar surface area (TPSA) is 33.6 Å². The van der Waals surface area contributed by atoms with Crippen LogP contribution >= 0.6 is 12.2 Å². The Kier molecular flexibility index (Phi) is 2.71. The molecule has 3 rings (SSSR count). The summed E-state index contributed by atoms with van der Waals surface area (Å²) in [7, 11) is 0. The van der Waals surface area contributed by atoms with Crippen molar-refractivity contribution in [1.29, 1.82) is 0 Å². The average Bonchev–Trinajstić information content (AvgIpc) is 2.66. The van der Waals surface area contributed by atoms with Gasteiger partial charge in [-0.05, 0) is 49.8 Å². The van der Waals surface area contributed by atoms with E-state index in [9.17, 15) is 4.39 Å². The van der Waals surface area contributed by atoms with Crippen LogP contribution < -0.4 is 0 Å². The molecular weight excluding hydrogens is 261 g/mol. The molecule has 5 heteroatoms. The highest BCUT2D eigenvalue weighted by Crippen LogP contribution is 2.23. The second-order valence-electron chi connectivity index (χ2n) is 4.49. The molecule has 19 heavy (non-hydrogen) atoms. The molecule has 1 N–H and O–H groups in total. The fourth-order valence-electron chi connectivity index (χ4n) is 2.19. The lowest BCUT2D eigenvalue weighted by atomic mass is 10.2. The predicted octanol–water partition coefficient (Wildman–Crippen LogP) is 3.84. The van der Waals surface area contributed by atoms with Crippen LogP contribution in [0.2, 0.25) is 0 Å². The Morgan fingerprint density at radius 3 is 2.74 bits per heavy atom. The molecular formula is C14H12FN3S. The van der Waals surface area contributed by atoms with Gasteiger partial charge >= 0.3 is 0 Å². The monoisotopic (exact) mass is 273 g/mol. The van der Waals surface area contributed by atoms with Crippen molar-refractivity contribution in [3.8, 4) is 5.69 Å². The number of hydrogen-bond acceptors (Lipinski definition) is 2. The number of imidazole rings is 1. The number of hydrogen-bond donors (Lipinski definition) is 1. The summed E-state index contributed by atoms with van der Waals surface area (Å²) in [4.78, 5) is 7.51. The highest BCUT2D eigenvalue weighted by atomic mass is 32.1. The Labute approximate surface area is 114 Å². The van der Waals surface area contributed by atoms with Crippen LogP contribution in [0, 0.1) is 24.4 Å². The summed E-state index contributed by atoms with van der Waals surface area (Å²) < 4.78 is 16.2. The Balaban J connectivity index is 2.46. The van der Waals surface area contributed by atoms with E-state index in [1.165, 1.54) is 6.07 Å². The molecule has 3 nitrogen and oxygen atoms in total. The van der Waals surface area contributed by atoms with Crippen LogP contribution in [0.15, 0.2) is 30.3 Å². The number of aromatic nitrogens is 3. The van der Waals surface area contributed by atoms with Crippen LogP contribution in [0.4, 0.5) is 4.39 Å². The molecule has 0 atom stereocenters. The van der Waals surface area contributed by atoms with E-state index in [0.29, 0.717) is 16.1 Å². The maximum atomic E-state index is 14.1. The first-order chi connectivity index (χ1) is 9.08. The molecule has 2 aromatic heterocycles. The molecule has 0 spiro atoms. The van der Waals surface area contributed by atoms with Gasteiger partial charge in [0.2, 0.25) is 0 Å². The molecule has 0 aliphatic carbocycles. The second kappa shape index (κ2) is 4.28. The van der Waals surface area contributed by atoms with Crippen molar-refractivity contribution in [2.24, 2.45) is 0 Å². The lowest BCUT2D eigenvalue weighted by molar-refractivity contribution is 0.617. The van der Waals surface area contributed by atoms with Gasteiger partial charge in [0.1, 0.15) is 5.82 Å². The number of H-pyrrole nitrogens is 1. The van der Waals surface area contributed by atoms with E-state index < -0.39 is 0 Å². The number of rotatable bonds is 1. The van der Waals surface area contributed by atoms with Gasteiger partial charge < -0.3 is 4.98 Å².